The second-order valence-corrected chi connectivity index (χ2v) is 38.5. The molecule has 0 aromatic heterocycles. The lowest BCUT2D eigenvalue weighted by Gasteiger charge is -2.35. The van der Waals surface area contributed by atoms with Crippen LogP contribution in [0.1, 0.15) is 248 Å². The van der Waals surface area contributed by atoms with Crippen molar-refractivity contribution in [1.29, 1.82) is 0 Å². The molecule has 15 aromatic rings. The van der Waals surface area contributed by atoms with Gasteiger partial charge in [0.2, 0.25) is 0 Å². The predicted octanol–water partition coefficient (Wildman–Crippen LogP) is 30.9. The summed E-state index contributed by atoms with van der Waals surface area (Å²) in [4.78, 5) is 72.4. The maximum Gasteiger partial charge on any atom is 0.266 e. The fraction of sp³-hybridized carbons (Fsp3) is 0.250. The third-order valence-corrected chi connectivity index (χ3v) is 24.6. The number of carbonyl (C=O) groups excluding carboxylic acids is 4. The molecule has 2 aliphatic heterocycles. The van der Waals surface area contributed by atoms with Crippen molar-refractivity contribution in [2.75, 3.05) is 9.80 Å². The number of imide groups is 2. The highest BCUT2D eigenvalue weighted by Crippen LogP contribution is 2.61. The molecule has 0 unspecified atom stereocenters. The molecule has 2 aliphatic rings. The van der Waals surface area contributed by atoms with E-state index in [2.05, 4.69) is 236 Å². The molecule has 612 valence electrons. The zero-order valence-corrected chi connectivity index (χ0v) is 73.7. The summed E-state index contributed by atoms with van der Waals surface area (Å²) >= 11 is 0. The average Bonchev–Trinajstić information content (AvgIpc) is 0.667. The van der Waals surface area contributed by atoms with Gasteiger partial charge in [0.05, 0.1) is 33.6 Å². The number of nitrogens with zero attached hydrogens (tertiary/aromatic N) is 2. The summed E-state index contributed by atoms with van der Waals surface area (Å²) in [5, 5.41) is 3.04. The van der Waals surface area contributed by atoms with Crippen LogP contribution in [0.2, 0.25) is 0 Å². The van der Waals surface area contributed by atoms with Crippen molar-refractivity contribution >= 4 is 78.1 Å². The number of carbonyl (C=O) groups is 4. The highest BCUT2D eigenvalue weighted by atomic mass is 16.5. The zero-order chi connectivity index (χ0) is 86.2. The van der Waals surface area contributed by atoms with Crippen molar-refractivity contribution in [2.24, 2.45) is 0 Å². The van der Waals surface area contributed by atoms with Gasteiger partial charge in [-0.2, -0.15) is 0 Å². The first-order valence-corrected chi connectivity index (χ1v) is 43.0. The van der Waals surface area contributed by atoms with Crippen LogP contribution in [-0.4, -0.2) is 23.6 Å². The van der Waals surface area contributed by atoms with Gasteiger partial charge >= 0.3 is 0 Å². The fourth-order valence-electron chi connectivity index (χ4n) is 18.0. The van der Waals surface area contributed by atoms with Crippen molar-refractivity contribution in [3.05, 3.63) is 322 Å². The Morgan fingerprint density at radius 1 is 0.213 bits per heavy atom. The largest absolute Gasteiger partial charge is 0.456 e. The molecule has 17 rings (SSSR count). The van der Waals surface area contributed by atoms with Crippen LogP contribution >= 0.6 is 0 Å². The highest BCUT2D eigenvalue weighted by Gasteiger charge is 2.45. The van der Waals surface area contributed by atoms with E-state index < -0.39 is 23.6 Å². The van der Waals surface area contributed by atoms with Crippen molar-refractivity contribution in [3.8, 4) is 90.5 Å². The number of amides is 4. The molecule has 4 amide bonds. The van der Waals surface area contributed by atoms with Crippen LogP contribution in [-0.2, 0) is 21.7 Å². The summed E-state index contributed by atoms with van der Waals surface area (Å²) in [5.74, 6) is -0.160. The van der Waals surface area contributed by atoms with Crippen LogP contribution in [0, 0.1) is 0 Å². The van der Waals surface area contributed by atoms with E-state index in [9.17, 15) is 0 Å². The first kappa shape index (κ1) is 81.4. The Morgan fingerprint density at radius 3 is 0.607 bits per heavy atom. The molecule has 2 heterocycles. The number of benzene rings is 15. The highest BCUT2D eigenvalue weighted by molar-refractivity contribution is 6.48. The monoisotopic (exact) mass is 1610 g/mol. The number of para-hydroxylation sites is 2. The lowest BCUT2D eigenvalue weighted by molar-refractivity contribution is 0.0877. The van der Waals surface area contributed by atoms with Crippen molar-refractivity contribution < 1.29 is 38.1 Å². The van der Waals surface area contributed by atoms with E-state index in [1.807, 2.05) is 158 Å². The minimum absolute atomic E-state index is 0.138. The Balaban J connectivity index is 1.14. The molecular weight excluding hydrogens is 1500 g/mol. The van der Waals surface area contributed by atoms with E-state index in [1.165, 1.54) is 9.80 Å². The Labute approximate surface area is 717 Å². The third kappa shape index (κ3) is 14.2. The summed E-state index contributed by atoms with van der Waals surface area (Å²) in [6.07, 6.45) is 0. The van der Waals surface area contributed by atoms with Gasteiger partial charge in [0.25, 0.3) is 23.6 Å². The van der Waals surface area contributed by atoms with Crippen LogP contribution in [0.25, 0.3) is 87.6 Å². The van der Waals surface area contributed by atoms with Gasteiger partial charge in [0.1, 0.15) is 46.0 Å². The topological polar surface area (TPSA) is 112 Å². The molecule has 0 saturated carbocycles. The molecule has 10 heteroatoms. The third-order valence-electron chi connectivity index (χ3n) is 24.6. The lowest BCUT2D eigenvalue weighted by atomic mass is 9.80. The van der Waals surface area contributed by atoms with Gasteiger partial charge in [-0.05, 0) is 185 Å². The maximum atomic E-state index is 17.4. The number of hydrogen-bond acceptors (Lipinski definition) is 8. The fourth-order valence-corrected chi connectivity index (χ4v) is 18.0. The molecular formula is C112H106N2O8. The van der Waals surface area contributed by atoms with E-state index in [1.54, 1.807) is 0 Å². The predicted molar refractivity (Wildman–Crippen MR) is 502 cm³/mol. The molecule has 0 atom stereocenters. The van der Waals surface area contributed by atoms with Gasteiger partial charge in [0.15, 0.2) is 0 Å². The lowest BCUT2D eigenvalue weighted by Crippen LogP contribution is -2.42. The second-order valence-electron chi connectivity index (χ2n) is 38.5. The quantitative estimate of drug-likeness (QED) is 0.0474. The Kier molecular flexibility index (Phi) is 20.5. The van der Waals surface area contributed by atoms with Crippen LogP contribution < -0.4 is 28.7 Å². The van der Waals surface area contributed by atoms with Crippen LogP contribution in [0.3, 0.4) is 0 Å². The Bertz CT molecular complexity index is 5950. The molecule has 0 radical (unpaired) electrons. The van der Waals surface area contributed by atoms with Crippen LogP contribution in [0.5, 0.6) is 46.0 Å². The summed E-state index contributed by atoms with van der Waals surface area (Å²) in [6, 6.07) is 85.2. The standard InChI is InChI=1S/C112H106N2O8/c1-63(2)75-43-33-44-76(64(3)4)103(75)113-105(115)83-59-91(119-87-51-47-71(109(9,10)11)55-79(87)67-35-25-21-26-36-67)97-99-93(121-89-53-49-73(111(15,16)17)57-81(89)69-39-29-23-30-40-69)61-85-96-86(108(118)114(107(85)117)104-77(65(5)6)45-34-46-78(104)66(7)8)62-94(122-90-54-50-74(112(18,19)20)58-82(90)70-41-31-24-32-42-70)100(102(96)99)98-92(60-84(106(113)116)95(83)101(97)98)120-88-52-48-72(110(12,13)14)56-80(88)68-37-27-22-28-38-68/h21-66H,1-20H3. The minimum atomic E-state index is -0.565. The molecule has 0 aliphatic carbocycles. The molecule has 0 spiro atoms. The van der Waals surface area contributed by atoms with Gasteiger partial charge in [0, 0.05) is 65.3 Å². The molecule has 0 saturated heterocycles. The first-order valence-electron chi connectivity index (χ1n) is 43.0. The Hall–Kier alpha value is -12.9. The van der Waals surface area contributed by atoms with Crippen molar-refractivity contribution in [1.82, 2.24) is 0 Å². The number of fused-ring (bicyclic) bond motifs is 2. The number of anilines is 2. The molecule has 0 bridgehead atoms. The maximum absolute atomic E-state index is 17.4. The van der Waals surface area contributed by atoms with Gasteiger partial charge in [-0.3, -0.25) is 19.2 Å². The van der Waals surface area contributed by atoms with E-state index in [0.717, 1.165) is 89.0 Å². The average molecular weight is 1610 g/mol. The number of hydrogen-bond donors (Lipinski definition) is 0. The second kappa shape index (κ2) is 30.6. The SMILES string of the molecule is CC(C)c1cccc(C(C)C)c1N1C(=O)c2cc(Oc3ccc(C(C)(C)C)cc3-c3ccccc3)c3c4c(Oc5ccc(C(C)(C)C)cc5-c5ccccc5)cc5c6c(cc(Oc7ccc(C(C)(C)C)cc7-c7ccccc7)c(c7c(Oc8ccc(C(C)(C)C)cc8-c8ccccc8)cc(c2c37)C1=O)c64)C(=O)N(c1c(C(C)C)cccc1C(C)C)C5=O. The van der Waals surface area contributed by atoms with Gasteiger partial charge in [-0.1, -0.05) is 320 Å². The molecule has 122 heavy (non-hydrogen) atoms. The normalized spacial score (nSPS) is 13.4. The zero-order valence-electron chi connectivity index (χ0n) is 73.7. The van der Waals surface area contributed by atoms with E-state index in [-0.39, 0.29) is 90.6 Å². The number of rotatable bonds is 18. The summed E-state index contributed by atoms with van der Waals surface area (Å²) in [5.41, 5.74) is 14.6. The molecule has 0 fully saturated rings. The van der Waals surface area contributed by atoms with E-state index >= 15 is 19.2 Å². The van der Waals surface area contributed by atoms with Crippen LogP contribution in [0.15, 0.2) is 255 Å². The van der Waals surface area contributed by atoms with Gasteiger partial charge in [-0.25, -0.2) is 9.80 Å². The first-order chi connectivity index (χ1) is 58.0. The van der Waals surface area contributed by atoms with Crippen molar-refractivity contribution in [3.63, 3.8) is 0 Å². The molecule has 10 nitrogen and oxygen atoms in total. The molecule has 0 N–H and O–H groups in total. The summed E-state index contributed by atoms with van der Waals surface area (Å²) < 4.78 is 32.3. The molecule has 15 aromatic carbocycles. The smallest absolute Gasteiger partial charge is 0.266 e. The number of ether oxygens (including phenoxy) is 4. The van der Waals surface area contributed by atoms with E-state index in [4.69, 9.17) is 18.9 Å². The minimum Gasteiger partial charge on any atom is -0.456 e. The van der Waals surface area contributed by atoms with Gasteiger partial charge < -0.3 is 18.9 Å². The van der Waals surface area contributed by atoms with Crippen LogP contribution in [0.4, 0.5) is 11.4 Å². The Morgan fingerprint density at radius 2 is 0.418 bits per heavy atom. The van der Waals surface area contributed by atoms with Gasteiger partial charge in [-0.15, -0.1) is 0 Å². The van der Waals surface area contributed by atoms with Crippen molar-refractivity contribution in [2.45, 2.75) is 184 Å². The van der Waals surface area contributed by atoms with E-state index in [0.29, 0.717) is 77.5 Å². The summed E-state index contributed by atoms with van der Waals surface area (Å²) in [6.45, 7) is 43.0. The summed E-state index contributed by atoms with van der Waals surface area (Å²) in [7, 11) is 0.